The van der Waals surface area contributed by atoms with Gasteiger partial charge in [0.15, 0.2) is 0 Å². The topological polar surface area (TPSA) is 26.0 Å². The minimum atomic E-state index is -0.277. The molecule has 1 heteroatoms. The van der Waals surface area contributed by atoms with Crippen LogP contribution >= 0.6 is 0 Å². The molecule has 2 rings (SSSR count). The Kier molecular flexibility index (Phi) is 2.73. The summed E-state index contributed by atoms with van der Waals surface area (Å²) in [6.45, 7) is 6.45. The van der Waals surface area contributed by atoms with Crippen LogP contribution in [0.5, 0.6) is 0 Å². The fourth-order valence-corrected chi connectivity index (χ4v) is 2.01. The van der Waals surface area contributed by atoms with E-state index in [1.807, 2.05) is 0 Å². The van der Waals surface area contributed by atoms with Gasteiger partial charge in [-0.3, -0.25) is 0 Å². The fraction of sp³-hybridized carbons (Fsp3) is 0.333. The Morgan fingerprint density at radius 3 is 2.31 bits per heavy atom. The van der Waals surface area contributed by atoms with Crippen molar-refractivity contribution in [2.75, 3.05) is 0 Å². The molecule has 16 heavy (non-hydrogen) atoms. The zero-order valence-corrected chi connectivity index (χ0v) is 10.2. The molecule has 0 radical (unpaired) electrons. The van der Waals surface area contributed by atoms with Crippen LogP contribution in [-0.2, 0) is 5.54 Å². The highest BCUT2D eigenvalue weighted by molar-refractivity contribution is 5.86. The van der Waals surface area contributed by atoms with Gasteiger partial charge in [0.2, 0.25) is 0 Å². The van der Waals surface area contributed by atoms with Gasteiger partial charge in [-0.05, 0) is 29.2 Å². The third-order valence-electron chi connectivity index (χ3n) is 3.57. The minimum Gasteiger partial charge on any atom is -0.321 e. The molecule has 0 saturated heterocycles. The van der Waals surface area contributed by atoms with E-state index in [-0.39, 0.29) is 5.54 Å². The molecule has 84 valence electrons. The van der Waals surface area contributed by atoms with Crippen LogP contribution in [0.15, 0.2) is 42.5 Å². The lowest BCUT2D eigenvalue weighted by molar-refractivity contribution is 0.353. The molecule has 2 aromatic carbocycles. The molecule has 1 nitrogen and oxygen atoms in total. The maximum absolute atomic E-state index is 6.45. The van der Waals surface area contributed by atoms with Crippen molar-refractivity contribution in [1.29, 1.82) is 0 Å². The SMILES string of the molecule is CC(C)C(C)(N)c1cccc2ccccc12. The Morgan fingerprint density at radius 1 is 1.00 bits per heavy atom. The van der Waals surface area contributed by atoms with Gasteiger partial charge >= 0.3 is 0 Å². The monoisotopic (exact) mass is 213 g/mol. The van der Waals surface area contributed by atoms with Gasteiger partial charge < -0.3 is 5.73 Å². The first kappa shape index (κ1) is 11.2. The first-order valence-corrected chi connectivity index (χ1v) is 5.80. The molecule has 0 aliphatic rings. The number of hydrogen-bond donors (Lipinski definition) is 1. The van der Waals surface area contributed by atoms with Gasteiger partial charge in [0.05, 0.1) is 0 Å². The molecule has 0 saturated carbocycles. The summed E-state index contributed by atoms with van der Waals surface area (Å²) in [5, 5.41) is 2.53. The molecule has 0 aliphatic carbocycles. The van der Waals surface area contributed by atoms with Crippen LogP contribution in [0.25, 0.3) is 10.8 Å². The first-order valence-electron chi connectivity index (χ1n) is 5.80. The second kappa shape index (κ2) is 3.91. The standard InChI is InChI=1S/C15H19N/c1-11(2)15(3,16)14-10-6-8-12-7-4-5-9-13(12)14/h4-11H,16H2,1-3H3. The van der Waals surface area contributed by atoms with Crippen LogP contribution in [-0.4, -0.2) is 0 Å². The van der Waals surface area contributed by atoms with Crippen molar-refractivity contribution in [3.05, 3.63) is 48.0 Å². The van der Waals surface area contributed by atoms with Crippen molar-refractivity contribution in [1.82, 2.24) is 0 Å². The van der Waals surface area contributed by atoms with E-state index in [1.165, 1.54) is 16.3 Å². The molecule has 0 aromatic heterocycles. The second-order valence-electron chi connectivity index (χ2n) is 4.96. The quantitative estimate of drug-likeness (QED) is 0.809. The van der Waals surface area contributed by atoms with Crippen LogP contribution in [0.1, 0.15) is 26.3 Å². The highest BCUT2D eigenvalue weighted by Crippen LogP contribution is 2.31. The lowest BCUT2D eigenvalue weighted by atomic mass is 9.80. The van der Waals surface area contributed by atoms with Crippen LogP contribution in [0.2, 0.25) is 0 Å². The molecule has 0 bridgehead atoms. The summed E-state index contributed by atoms with van der Waals surface area (Å²) in [6.07, 6.45) is 0. The van der Waals surface area contributed by atoms with E-state index in [0.29, 0.717) is 5.92 Å². The van der Waals surface area contributed by atoms with Crippen molar-refractivity contribution in [2.45, 2.75) is 26.3 Å². The smallest absolute Gasteiger partial charge is 0.0410 e. The summed E-state index contributed by atoms with van der Waals surface area (Å²) in [7, 11) is 0. The molecule has 2 N–H and O–H groups in total. The van der Waals surface area contributed by atoms with Gasteiger partial charge in [0.1, 0.15) is 0 Å². The molecule has 0 heterocycles. The lowest BCUT2D eigenvalue weighted by Crippen LogP contribution is -2.38. The van der Waals surface area contributed by atoms with E-state index in [1.54, 1.807) is 0 Å². The van der Waals surface area contributed by atoms with Gasteiger partial charge in [0, 0.05) is 5.54 Å². The van der Waals surface area contributed by atoms with E-state index in [4.69, 9.17) is 5.73 Å². The Morgan fingerprint density at radius 2 is 1.62 bits per heavy atom. The average molecular weight is 213 g/mol. The van der Waals surface area contributed by atoms with Crippen LogP contribution in [0, 0.1) is 5.92 Å². The highest BCUT2D eigenvalue weighted by atomic mass is 14.7. The highest BCUT2D eigenvalue weighted by Gasteiger charge is 2.26. The lowest BCUT2D eigenvalue weighted by Gasteiger charge is -2.31. The van der Waals surface area contributed by atoms with E-state index < -0.39 is 0 Å². The van der Waals surface area contributed by atoms with E-state index in [0.717, 1.165) is 0 Å². The van der Waals surface area contributed by atoms with Gasteiger partial charge in [-0.25, -0.2) is 0 Å². The maximum atomic E-state index is 6.45. The average Bonchev–Trinajstić information content (AvgIpc) is 2.28. The van der Waals surface area contributed by atoms with Crippen LogP contribution < -0.4 is 5.73 Å². The van der Waals surface area contributed by atoms with E-state index in [9.17, 15) is 0 Å². The van der Waals surface area contributed by atoms with Crippen molar-refractivity contribution >= 4 is 10.8 Å². The summed E-state index contributed by atoms with van der Waals surface area (Å²) < 4.78 is 0. The number of fused-ring (bicyclic) bond motifs is 1. The summed E-state index contributed by atoms with van der Waals surface area (Å²) >= 11 is 0. The van der Waals surface area contributed by atoms with Crippen molar-refractivity contribution < 1.29 is 0 Å². The Bertz CT molecular complexity index is 492. The fourth-order valence-electron chi connectivity index (χ4n) is 2.01. The van der Waals surface area contributed by atoms with Crippen LogP contribution in [0.3, 0.4) is 0 Å². The van der Waals surface area contributed by atoms with Gasteiger partial charge in [-0.1, -0.05) is 56.3 Å². The molecule has 0 amide bonds. The molecule has 0 aliphatic heterocycles. The zero-order chi connectivity index (χ0) is 11.8. The van der Waals surface area contributed by atoms with Gasteiger partial charge in [-0.15, -0.1) is 0 Å². The summed E-state index contributed by atoms with van der Waals surface area (Å²) in [5.74, 6) is 0.415. The summed E-state index contributed by atoms with van der Waals surface area (Å²) in [6, 6.07) is 14.8. The molecular formula is C15H19N. The second-order valence-corrected chi connectivity index (χ2v) is 4.96. The Balaban J connectivity index is 2.70. The first-order chi connectivity index (χ1) is 7.53. The summed E-state index contributed by atoms with van der Waals surface area (Å²) in [5.41, 5.74) is 7.41. The molecule has 0 fully saturated rings. The third-order valence-corrected chi connectivity index (χ3v) is 3.57. The Labute approximate surface area is 97.3 Å². The molecule has 0 spiro atoms. The normalized spacial score (nSPS) is 15.3. The Hall–Kier alpha value is -1.34. The predicted octanol–water partition coefficient (Wildman–Crippen LogP) is 3.67. The van der Waals surface area contributed by atoms with E-state index in [2.05, 4.69) is 63.2 Å². The predicted molar refractivity (Wildman–Crippen MR) is 70.3 cm³/mol. The third kappa shape index (κ3) is 1.72. The van der Waals surface area contributed by atoms with E-state index >= 15 is 0 Å². The van der Waals surface area contributed by atoms with Gasteiger partial charge in [0.25, 0.3) is 0 Å². The zero-order valence-electron chi connectivity index (χ0n) is 10.2. The number of hydrogen-bond acceptors (Lipinski definition) is 1. The number of benzene rings is 2. The van der Waals surface area contributed by atoms with Crippen LogP contribution in [0.4, 0.5) is 0 Å². The minimum absolute atomic E-state index is 0.277. The van der Waals surface area contributed by atoms with Crippen molar-refractivity contribution in [2.24, 2.45) is 11.7 Å². The molecule has 1 unspecified atom stereocenters. The molecular weight excluding hydrogens is 194 g/mol. The molecule has 1 atom stereocenters. The van der Waals surface area contributed by atoms with Crippen molar-refractivity contribution in [3.63, 3.8) is 0 Å². The summed E-state index contributed by atoms with van der Waals surface area (Å²) in [4.78, 5) is 0. The maximum Gasteiger partial charge on any atom is 0.0410 e. The largest absolute Gasteiger partial charge is 0.321 e. The number of rotatable bonds is 2. The van der Waals surface area contributed by atoms with Crippen molar-refractivity contribution in [3.8, 4) is 0 Å². The number of nitrogens with two attached hydrogens (primary N) is 1. The molecule has 2 aromatic rings. The van der Waals surface area contributed by atoms with Gasteiger partial charge in [-0.2, -0.15) is 0 Å².